The van der Waals surface area contributed by atoms with Gasteiger partial charge in [0.2, 0.25) is 5.91 Å². The third-order valence-corrected chi connectivity index (χ3v) is 2.04. The van der Waals surface area contributed by atoms with Crippen LogP contribution in [0.5, 0.6) is 0 Å². The fourth-order valence-electron chi connectivity index (χ4n) is 0.843. The van der Waals surface area contributed by atoms with E-state index in [0.717, 1.165) is 0 Å². The van der Waals surface area contributed by atoms with E-state index in [1.807, 2.05) is 0 Å². The summed E-state index contributed by atoms with van der Waals surface area (Å²) >= 11 is 5.50. The molecule has 1 heterocycles. The van der Waals surface area contributed by atoms with E-state index in [1.165, 1.54) is 26.0 Å². The molecule has 0 aromatic carbocycles. The van der Waals surface area contributed by atoms with Crippen LogP contribution in [0.1, 0.15) is 24.4 Å². The van der Waals surface area contributed by atoms with Gasteiger partial charge in [0, 0.05) is 0 Å². The molecule has 0 saturated carbocycles. The van der Waals surface area contributed by atoms with Gasteiger partial charge in [0.05, 0.1) is 0 Å². The second kappa shape index (κ2) is 3.94. The number of rotatable bonds is 3. The van der Waals surface area contributed by atoms with Gasteiger partial charge in [0.1, 0.15) is 5.54 Å². The molecule has 2 amide bonds. The molecular formula is C9H11ClN2O3. The molecule has 0 spiro atoms. The molecule has 82 valence electrons. The summed E-state index contributed by atoms with van der Waals surface area (Å²) in [4.78, 5) is 22.5. The fourth-order valence-corrected chi connectivity index (χ4v) is 0.989. The Kier molecular flexibility index (Phi) is 3.04. The van der Waals surface area contributed by atoms with Crippen LogP contribution in [0.3, 0.4) is 0 Å². The quantitative estimate of drug-likeness (QED) is 0.810. The maximum absolute atomic E-state index is 11.5. The topological polar surface area (TPSA) is 85.3 Å². The molecule has 1 aromatic rings. The van der Waals surface area contributed by atoms with Gasteiger partial charge in [0.15, 0.2) is 11.0 Å². The van der Waals surface area contributed by atoms with Crippen LogP contribution in [0.2, 0.25) is 5.22 Å². The van der Waals surface area contributed by atoms with Crippen LogP contribution in [0.4, 0.5) is 0 Å². The van der Waals surface area contributed by atoms with Crippen LogP contribution < -0.4 is 11.1 Å². The SMILES string of the molecule is CC(C)(NC(=O)c1ccc(Cl)o1)C(N)=O. The summed E-state index contributed by atoms with van der Waals surface area (Å²) < 4.78 is 4.87. The molecule has 0 saturated heterocycles. The number of halogens is 1. The van der Waals surface area contributed by atoms with Crippen molar-refractivity contribution in [1.29, 1.82) is 0 Å². The van der Waals surface area contributed by atoms with Gasteiger partial charge in [-0.05, 0) is 37.6 Å². The van der Waals surface area contributed by atoms with E-state index < -0.39 is 17.4 Å². The Labute approximate surface area is 91.6 Å². The van der Waals surface area contributed by atoms with Crippen molar-refractivity contribution in [2.24, 2.45) is 5.73 Å². The first-order valence-electron chi connectivity index (χ1n) is 4.20. The fraction of sp³-hybridized carbons (Fsp3) is 0.333. The van der Waals surface area contributed by atoms with Crippen molar-refractivity contribution < 1.29 is 14.0 Å². The van der Waals surface area contributed by atoms with Crippen molar-refractivity contribution in [3.05, 3.63) is 23.1 Å². The summed E-state index contributed by atoms with van der Waals surface area (Å²) in [5, 5.41) is 2.53. The van der Waals surface area contributed by atoms with Crippen molar-refractivity contribution >= 4 is 23.4 Å². The molecule has 0 aliphatic rings. The van der Waals surface area contributed by atoms with Crippen LogP contribution in [0, 0.1) is 0 Å². The maximum atomic E-state index is 11.5. The standard InChI is InChI=1S/C9H11ClN2O3/c1-9(2,8(11)14)12-7(13)5-3-4-6(10)15-5/h3-4H,1-2H3,(H2,11,14)(H,12,13). The molecule has 0 fully saturated rings. The van der Waals surface area contributed by atoms with Gasteiger partial charge < -0.3 is 15.5 Å². The van der Waals surface area contributed by atoms with Gasteiger partial charge in [-0.3, -0.25) is 9.59 Å². The number of hydrogen-bond acceptors (Lipinski definition) is 3. The van der Waals surface area contributed by atoms with E-state index >= 15 is 0 Å². The van der Waals surface area contributed by atoms with Crippen LogP contribution >= 0.6 is 11.6 Å². The second-order valence-electron chi connectivity index (χ2n) is 3.55. The van der Waals surface area contributed by atoms with Gasteiger partial charge in [-0.25, -0.2) is 0 Å². The first-order chi connectivity index (χ1) is 6.83. The lowest BCUT2D eigenvalue weighted by Crippen LogP contribution is -2.52. The van der Waals surface area contributed by atoms with E-state index in [2.05, 4.69) is 5.32 Å². The highest BCUT2D eigenvalue weighted by molar-refractivity contribution is 6.29. The number of furan rings is 1. The molecule has 0 unspecified atom stereocenters. The van der Waals surface area contributed by atoms with E-state index in [0.29, 0.717) is 0 Å². The first kappa shape index (κ1) is 11.6. The minimum atomic E-state index is -1.13. The van der Waals surface area contributed by atoms with Gasteiger partial charge in [0.25, 0.3) is 5.91 Å². The predicted octanol–water partition coefficient (Wildman–Crippen LogP) is 0.927. The van der Waals surface area contributed by atoms with E-state index in [9.17, 15) is 9.59 Å². The van der Waals surface area contributed by atoms with Crippen molar-refractivity contribution in [3.8, 4) is 0 Å². The molecule has 0 aliphatic heterocycles. The van der Waals surface area contributed by atoms with Gasteiger partial charge in [-0.1, -0.05) is 0 Å². The minimum absolute atomic E-state index is 0.0364. The molecule has 1 aromatic heterocycles. The summed E-state index contributed by atoms with van der Waals surface area (Å²) in [5.41, 5.74) is 3.96. The number of carbonyl (C=O) groups is 2. The monoisotopic (exact) mass is 230 g/mol. The summed E-state index contributed by atoms with van der Waals surface area (Å²) in [6.07, 6.45) is 0. The lowest BCUT2D eigenvalue weighted by atomic mass is 10.1. The summed E-state index contributed by atoms with van der Waals surface area (Å²) in [7, 11) is 0. The molecule has 0 bridgehead atoms. The first-order valence-corrected chi connectivity index (χ1v) is 4.58. The van der Waals surface area contributed by atoms with Gasteiger partial charge >= 0.3 is 0 Å². The van der Waals surface area contributed by atoms with Crippen LogP contribution in [0.15, 0.2) is 16.5 Å². The molecule has 0 radical (unpaired) electrons. The average Bonchev–Trinajstić information content (AvgIpc) is 2.50. The summed E-state index contributed by atoms with van der Waals surface area (Å²) in [5.74, 6) is -1.13. The van der Waals surface area contributed by atoms with E-state index in [1.54, 1.807) is 0 Å². The molecule has 0 atom stereocenters. The number of nitrogens with one attached hydrogen (secondary N) is 1. The third-order valence-electron chi connectivity index (χ3n) is 1.84. The molecule has 6 heteroatoms. The van der Waals surface area contributed by atoms with Crippen LogP contribution in [-0.2, 0) is 4.79 Å². The summed E-state index contributed by atoms with van der Waals surface area (Å²) in [6.45, 7) is 3.00. The number of primary amides is 1. The predicted molar refractivity (Wildman–Crippen MR) is 54.5 cm³/mol. The number of carbonyl (C=O) groups excluding carboxylic acids is 2. The number of nitrogens with two attached hydrogens (primary N) is 1. The maximum Gasteiger partial charge on any atom is 0.287 e. The zero-order chi connectivity index (χ0) is 11.6. The molecule has 5 nitrogen and oxygen atoms in total. The van der Waals surface area contributed by atoms with Crippen LogP contribution in [0.25, 0.3) is 0 Å². The lowest BCUT2D eigenvalue weighted by molar-refractivity contribution is -0.122. The molecule has 0 aliphatic carbocycles. The second-order valence-corrected chi connectivity index (χ2v) is 3.92. The van der Waals surface area contributed by atoms with E-state index in [4.69, 9.17) is 21.8 Å². The smallest absolute Gasteiger partial charge is 0.287 e. The highest BCUT2D eigenvalue weighted by atomic mass is 35.5. The Hall–Kier alpha value is -1.49. The third kappa shape index (κ3) is 2.73. The van der Waals surface area contributed by atoms with Crippen molar-refractivity contribution in [3.63, 3.8) is 0 Å². The Bertz CT molecular complexity index is 398. The average molecular weight is 231 g/mol. The Morgan fingerprint density at radius 1 is 1.47 bits per heavy atom. The van der Waals surface area contributed by atoms with Crippen molar-refractivity contribution in [1.82, 2.24) is 5.32 Å². The lowest BCUT2D eigenvalue weighted by Gasteiger charge is -2.21. The molecular weight excluding hydrogens is 220 g/mol. The highest BCUT2D eigenvalue weighted by Gasteiger charge is 2.28. The minimum Gasteiger partial charge on any atom is -0.440 e. The Morgan fingerprint density at radius 3 is 2.47 bits per heavy atom. The van der Waals surface area contributed by atoms with E-state index in [-0.39, 0.29) is 11.0 Å². The van der Waals surface area contributed by atoms with Crippen LogP contribution in [-0.4, -0.2) is 17.4 Å². The number of amides is 2. The largest absolute Gasteiger partial charge is 0.440 e. The molecule has 15 heavy (non-hydrogen) atoms. The molecule has 3 N–H and O–H groups in total. The molecule has 1 rings (SSSR count). The Morgan fingerprint density at radius 2 is 2.07 bits per heavy atom. The Balaban J connectivity index is 2.76. The zero-order valence-electron chi connectivity index (χ0n) is 8.33. The highest BCUT2D eigenvalue weighted by Crippen LogP contribution is 2.14. The number of hydrogen-bond donors (Lipinski definition) is 2. The van der Waals surface area contributed by atoms with Gasteiger partial charge in [-0.2, -0.15) is 0 Å². The zero-order valence-corrected chi connectivity index (χ0v) is 9.09. The normalized spacial score (nSPS) is 11.1. The van der Waals surface area contributed by atoms with Gasteiger partial charge in [-0.15, -0.1) is 0 Å². The summed E-state index contributed by atoms with van der Waals surface area (Å²) in [6, 6.07) is 2.85. The van der Waals surface area contributed by atoms with Crippen molar-refractivity contribution in [2.45, 2.75) is 19.4 Å². The van der Waals surface area contributed by atoms with Crippen molar-refractivity contribution in [2.75, 3.05) is 0 Å².